The van der Waals surface area contributed by atoms with Crippen molar-refractivity contribution in [3.05, 3.63) is 70.1 Å². The first-order valence-electron chi connectivity index (χ1n) is 10.1. The van der Waals surface area contributed by atoms with E-state index in [2.05, 4.69) is 20.7 Å². The van der Waals surface area contributed by atoms with Gasteiger partial charge in [0, 0.05) is 17.5 Å². The van der Waals surface area contributed by atoms with Gasteiger partial charge in [-0.05, 0) is 30.7 Å². The van der Waals surface area contributed by atoms with Gasteiger partial charge in [-0.15, -0.1) is 0 Å². The number of hydrogen-bond acceptors (Lipinski definition) is 5. The van der Waals surface area contributed by atoms with Crippen molar-refractivity contribution < 1.29 is 23.1 Å². The van der Waals surface area contributed by atoms with Crippen LogP contribution in [0.1, 0.15) is 47.0 Å². The molecule has 0 atom stereocenters. The van der Waals surface area contributed by atoms with E-state index in [-0.39, 0.29) is 22.6 Å². The van der Waals surface area contributed by atoms with Crippen LogP contribution in [0.15, 0.2) is 53.3 Å². The SMILES string of the molecule is CCCCCn1nc(C(=O)NNC(=O)c2cccc(OC(F)F)c2)c2ccccc2c1=O. The summed E-state index contributed by atoms with van der Waals surface area (Å²) in [6.07, 6.45) is 2.61. The van der Waals surface area contributed by atoms with Gasteiger partial charge < -0.3 is 4.74 Å². The van der Waals surface area contributed by atoms with Crippen LogP contribution >= 0.6 is 0 Å². The lowest BCUT2D eigenvalue weighted by Crippen LogP contribution is -2.42. The molecule has 0 fully saturated rings. The van der Waals surface area contributed by atoms with Gasteiger partial charge in [-0.1, -0.05) is 44.0 Å². The number of alkyl halides is 2. The van der Waals surface area contributed by atoms with Crippen LogP contribution in [-0.4, -0.2) is 28.2 Å². The van der Waals surface area contributed by atoms with E-state index in [1.54, 1.807) is 24.3 Å². The van der Waals surface area contributed by atoms with Gasteiger partial charge in [0.1, 0.15) is 5.75 Å². The number of carbonyl (C=O) groups excluding carboxylic acids is 2. The lowest BCUT2D eigenvalue weighted by molar-refractivity contribution is -0.0498. The molecule has 2 aromatic carbocycles. The zero-order valence-corrected chi connectivity index (χ0v) is 17.3. The van der Waals surface area contributed by atoms with Gasteiger partial charge in [0.15, 0.2) is 5.69 Å². The van der Waals surface area contributed by atoms with E-state index >= 15 is 0 Å². The molecule has 1 aromatic heterocycles. The van der Waals surface area contributed by atoms with Crippen molar-refractivity contribution in [1.29, 1.82) is 0 Å². The van der Waals surface area contributed by atoms with Crippen LogP contribution in [0.25, 0.3) is 10.8 Å². The van der Waals surface area contributed by atoms with E-state index < -0.39 is 18.4 Å². The lowest BCUT2D eigenvalue weighted by Gasteiger charge is -2.12. The monoisotopic (exact) mass is 444 g/mol. The zero-order chi connectivity index (χ0) is 23.1. The number of fused-ring (bicyclic) bond motifs is 1. The number of carbonyl (C=O) groups is 2. The Bertz CT molecular complexity index is 1180. The number of ether oxygens (including phenoxy) is 1. The van der Waals surface area contributed by atoms with E-state index in [1.165, 1.54) is 22.9 Å². The third-order valence-electron chi connectivity index (χ3n) is 4.67. The maximum Gasteiger partial charge on any atom is 0.387 e. The van der Waals surface area contributed by atoms with Crippen LogP contribution in [0.3, 0.4) is 0 Å². The molecule has 0 aliphatic heterocycles. The van der Waals surface area contributed by atoms with Crippen LogP contribution < -0.4 is 21.1 Å². The fraction of sp³-hybridized carbons (Fsp3) is 0.273. The molecule has 32 heavy (non-hydrogen) atoms. The van der Waals surface area contributed by atoms with Gasteiger partial charge in [-0.2, -0.15) is 13.9 Å². The number of rotatable bonds is 8. The largest absolute Gasteiger partial charge is 0.435 e. The highest BCUT2D eigenvalue weighted by molar-refractivity contribution is 6.06. The molecule has 1 heterocycles. The summed E-state index contributed by atoms with van der Waals surface area (Å²) in [7, 11) is 0. The van der Waals surface area contributed by atoms with Gasteiger partial charge in [0.25, 0.3) is 17.4 Å². The summed E-state index contributed by atoms with van der Waals surface area (Å²) in [6, 6.07) is 11.7. The number of halogens is 2. The third-order valence-corrected chi connectivity index (χ3v) is 4.67. The van der Waals surface area contributed by atoms with Gasteiger partial charge in [-0.25, -0.2) is 4.68 Å². The molecule has 10 heteroatoms. The summed E-state index contributed by atoms with van der Waals surface area (Å²) in [6.45, 7) is -0.630. The average Bonchev–Trinajstić information content (AvgIpc) is 2.78. The number of nitrogens with zero attached hydrogens (tertiary/aromatic N) is 2. The highest BCUT2D eigenvalue weighted by Crippen LogP contribution is 2.16. The van der Waals surface area contributed by atoms with Gasteiger partial charge in [0.2, 0.25) is 0 Å². The second kappa shape index (κ2) is 10.5. The first-order valence-corrected chi connectivity index (χ1v) is 10.1. The first-order chi connectivity index (χ1) is 15.4. The second-order valence-corrected chi connectivity index (χ2v) is 6.94. The number of benzene rings is 2. The molecule has 2 amide bonds. The molecule has 3 rings (SSSR count). The number of hydrogen-bond donors (Lipinski definition) is 2. The van der Waals surface area contributed by atoms with E-state index in [4.69, 9.17) is 0 Å². The zero-order valence-electron chi connectivity index (χ0n) is 17.3. The molecule has 3 aromatic rings. The van der Waals surface area contributed by atoms with Crippen molar-refractivity contribution in [2.45, 2.75) is 39.3 Å². The predicted octanol–water partition coefficient (Wildman–Crippen LogP) is 3.26. The standard InChI is InChI=1S/C22H22F2N4O4/c1-2-3-6-12-28-21(31)17-11-5-4-10-16(17)18(27-28)20(30)26-25-19(29)14-8-7-9-15(13-14)32-22(23)24/h4-5,7-11,13,22H,2-3,6,12H2,1H3,(H,25,29)(H,26,30). The molecule has 0 saturated heterocycles. The molecule has 0 aliphatic rings. The molecule has 0 unspecified atom stereocenters. The Hall–Kier alpha value is -3.82. The molecule has 8 nitrogen and oxygen atoms in total. The maximum absolute atomic E-state index is 12.8. The molecule has 0 bridgehead atoms. The Kier molecular flexibility index (Phi) is 7.48. The van der Waals surface area contributed by atoms with Crippen LogP contribution in [-0.2, 0) is 6.54 Å². The highest BCUT2D eigenvalue weighted by Gasteiger charge is 2.18. The molecule has 0 radical (unpaired) electrons. The molecular weight excluding hydrogens is 422 g/mol. The van der Waals surface area contributed by atoms with E-state index in [0.717, 1.165) is 25.3 Å². The van der Waals surface area contributed by atoms with Gasteiger partial charge in [0.05, 0.1) is 5.39 Å². The Morgan fingerprint density at radius 1 is 1.03 bits per heavy atom. The molecular formula is C22H22F2N4O4. The molecule has 0 saturated carbocycles. The summed E-state index contributed by atoms with van der Waals surface area (Å²) < 4.78 is 30.3. The Morgan fingerprint density at radius 2 is 1.75 bits per heavy atom. The van der Waals surface area contributed by atoms with Gasteiger partial charge >= 0.3 is 6.61 Å². The Balaban J connectivity index is 1.80. The number of aromatic nitrogens is 2. The minimum absolute atomic E-state index is 0.00537. The van der Waals surface area contributed by atoms with Crippen LogP contribution in [0.5, 0.6) is 5.75 Å². The van der Waals surface area contributed by atoms with Crippen LogP contribution in [0.4, 0.5) is 8.78 Å². The van der Waals surface area contributed by atoms with Crippen molar-refractivity contribution in [2.75, 3.05) is 0 Å². The fourth-order valence-electron chi connectivity index (χ4n) is 3.12. The maximum atomic E-state index is 12.8. The van der Waals surface area contributed by atoms with Crippen LogP contribution in [0, 0.1) is 0 Å². The van der Waals surface area contributed by atoms with Crippen molar-refractivity contribution in [1.82, 2.24) is 20.6 Å². The number of aryl methyl sites for hydroxylation is 1. The van der Waals surface area contributed by atoms with E-state index in [0.29, 0.717) is 17.3 Å². The quantitative estimate of drug-likeness (QED) is 0.410. The lowest BCUT2D eigenvalue weighted by atomic mass is 10.1. The van der Waals surface area contributed by atoms with E-state index in [1.807, 2.05) is 6.92 Å². The normalized spacial score (nSPS) is 10.9. The van der Waals surface area contributed by atoms with Gasteiger partial charge in [-0.3, -0.25) is 25.2 Å². The minimum atomic E-state index is -3.03. The number of hydrazine groups is 1. The summed E-state index contributed by atoms with van der Waals surface area (Å²) in [5.74, 6) is -1.65. The van der Waals surface area contributed by atoms with Crippen molar-refractivity contribution in [3.63, 3.8) is 0 Å². The summed E-state index contributed by atoms with van der Waals surface area (Å²) in [5.41, 5.74) is 4.16. The molecule has 0 spiro atoms. The Morgan fingerprint density at radius 3 is 2.47 bits per heavy atom. The Labute approximate surface area is 182 Å². The van der Waals surface area contributed by atoms with Crippen molar-refractivity contribution >= 4 is 22.6 Å². The number of unbranched alkanes of at least 4 members (excludes halogenated alkanes) is 2. The highest BCUT2D eigenvalue weighted by atomic mass is 19.3. The van der Waals surface area contributed by atoms with Crippen molar-refractivity contribution in [3.8, 4) is 5.75 Å². The molecule has 0 aliphatic carbocycles. The first kappa shape index (κ1) is 22.9. The second-order valence-electron chi connectivity index (χ2n) is 6.94. The molecule has 2 N–H and O–H groups in total. The number of nitrogens with one attached hydrogen (secondary N) is 2. The summed E-state index contributed by atoms with van der Waals surface area (Å²) in [5, 5.41) is 4.90. The topological polar surface area (TPSA) is 102 Å². The van der Waals surface area contributed by atoms with Crippen molar-refractivity contribution in [2.24, 2.45) is 0 Å². The summed E-state index contributed by atoms with van der Waals surface area (Å²) >= 11 is 0. The minimum Gasteiger partial charge on any atom is -0.435 e. The molecule has 168 valence electrons. The van der Waals surface area contributed by atoms with E-state index in [9.17, 15) is 23.2 Å². The predicted molar refractivity (Wildman–Crippen MR) is 114 cm³/mol. The van der Waals surface area contributed by atoms with Crippen LogP contribution in [0.2, 0.25) is 0 Å². The smallest absolute Gasteiger partial charge is 0.387 e. The third kappa shape index (κ3) is 5.45. The fourth-order valence-corrected chi connectivity index (χ4v) is 3.12. The average molecular weight is 444 g/mol. The number of amides is 2. The summed E-state index contributed by atoms with van der Waals surface area (Å²) in [4.78, 5) is 37.8.